The molecule has 7 nitrogen and oxygen atoms in total. The van der Waals surface area contributed by atoms with Crippen LogP contribution in [0, 0.1) is 10.1 Å². The number of non-ortho nitro benzene ring substituents is 1. The van der Waals surface area contributed by atoms with Gasteiger partial charge in [0, 0.05) is 25.7 Å². The van der Waals surface area contributed by atoms with Crippen LogP contribution in [0.25, 0.3) is 0 Å². The lowest BCUT2D eigenvalue weighted by Gasteiger charge is -2.11. The Morgan fingerprint density at radius 1 is 1.33 bits per heavy atom. The van der Waals surface area contributed by atoms with E-state index in [-0.39, 0.29) is 10.6 Å². The highest BCUT2D eigenvalue weighted by atomic mass is 32.2. The third kappa shape index (κ3) is 5.18. The van der Waals surface area contributed by atoms with E-state index in [4.69, 9.17) is 0 Å². The molecular formula is C12H19N3O4S2. The number of rotatable bonds is 9. The summed E-state index contributed by atoms with van der Waals surface area (Å²) in [6, 6.07) is 3.72. The molecule has 21 heavy (non-hydrogen) atoms. The Labute approximate surface area is 128 Å². The minimum Gasteiger partial charge on any atom is -0.387 e. The first-order chi connectivity index (χ1) is 9.92. The fraction of sp³-hybridized carbons (Fsp3) is 0.500. The second-order valence-electron chi connectivity index (χ2n) is 4.29. The van der Waals surface area contributed by atoms with Crippen molar-refractivity contribution in [3.8, 4) is 0 Å². The minimum absolute atomic E-state index is 0.107. The van der Waals surface area contributed by atoms with E-state index in [0.29, 0.717) is 12.2 Å². The van der Waals surface area contributed by atoms with Crippen molar-refractivity contribution in [2.45, 2.75) is 17.7 Å². The van der Waals surface area contributed by atoms with Gasteiger partial charge in [-0.15, -0.1) is 0 Å². The van der Waals surface area contributed by atoms with E-state index in [2.05, 4.69) is 10.0 Å². The lowest BCUT2D eigenvalue weighted by atomic mass is 10.3. The van der Waals surface area contributed by atoms with Crippen molar-refractivity contribution in [3.63, 3.8) is 0 Å². The van der Waals surface area contributed by atoms with Crippen LogP contribution >= 0.6 is 11.8 Å². The molecule has 0 atom stereocenters. The van der Waals surface area contributed by atoms with Crippen molar-refractivity contribution < 1.29 is 13.3 Å². The number of anilines is 1. The molecule has 2 N–H and O–H groups in total. The van der Waals surface area contributed by atoms with Crippen molar-refractivity contribution in [2.24, 2.45) is 0 Å². The van der Waals surface area contributed by atoms with E-state index in [0.717, 1.165) is 24.7 Å². The van der Waals surface area contributed by atoms with Crippen LogP contribution < -0.4 is 10.0 Å². The fourth-order valence-corrected chi connectivity index (χ4v) is 3.51. The summed E-state index contributed by atoms with van der Waals surface area (Å²) in [6.45, 7) is 0.314. The molecule has 0 saturated heterocycles. The van der Waals surface area contributed by atoms with E-state index < -0.39 is 14.9 Å². The van der Waals surface area contributed by atoms with Crippen LogP contribution in [0.1, 0.15) is 12.8 Å². The average molecular weight is 333 g/mol. The third-order valence-electron chi connectivity index (χ3n) is 2.80. The molecule has 0 aliphatic carbocycles. The molecule has 0 unspecified atom stereocenters. The first-order valence-electron chi connectivity index (χ1n) is 6.37. The second kappa shape index (κ2) is 8.20. The van der Waals surface area contributed by atoms with Gasteiger partial charge in [0.15, 0.2) is 0 Å². The Morgan fingerprint density at radius 3 is 2.62 bits per heavy atom. The van der Waals surface area contributed by atoms with Crippen molar-refractivity contribution in [1.82, 2.24) is 4.72 Å². The van der Waals surface area contributed by atoms with Crippen LogP contribution in [0.4, 0.5) is 11.4 Å². The summed E-state index contributed by atoms with van der Waals surface area (Å²) in [5.74, 6) is 0.973. The molecule has 1 aromatic rings. The summed E-state index contributed by atoms with van der Waals surface area (Å²) in [7, 11) is -2.20. The van der Waals surface area contributed by atoms with Crippen LogP contribution in [0.2, 0.25) is 0 Å². The molecule has 9 heteroatoms. The highest BCUT2D eigenvalue weighted by molar-refractivity contribution is 7.98. The third-order valence-corrected chi connectivity index (χ3v) is 5.00. The average Bonchev–Trinajstić information content (AvgIpc) is 2.46. The molecule has 0 amide bonds. The zero-order chi connectivity index (χ0) is 15.9. The SMILES string of the molecule is CNc1ccc([N+](=O)[O-])cc1S(=O)(=O)NCCCCSC. The van der Waals surface area contributed by atoms with E-state index >= 15 is 0 Å². The summed E-state index contributed by atoms with van der Waals surface area (Å²) in [6.07, 6.45) is 3.63. The Hall–Kier alpha value is -1.32. The molecule has 1 rings (SSSR count). The second-order valence-corrected chi connectivity index (χ2v) is 7.01. The Kier molecular flexibility index (Phi) is 6.93. The van der Waals surface area contributed by atoms with Gasteiger partial charge in [-0.25, -0.2) is 13.1 Å². The first kappa shape index (κ1) is 17.7. The Morgan fingerprint density at radius 2 is 2.05 bits per heavy atom. The summed E-state index contributed by atoms with van der Waals surface area (Å²) in [5, 5.41) is 13.5. The number of unbranched alkanes of at least 4 members (excludes halogenated alkanes) is 1. The molecule has 0 aromatic heterocycles. The van der Waals surface area contributed by atoms with Crippen molar-refractivity contribution in [1.29, 1.82) is 0 Å². The summed E-state index contributed by atoms with van der Waals surface area (Å²) in [5.41, 5.74) is 0.0778. The zero-order valence-electron chi connectivity index (χ0n) is 12.0. The number of hydrogen-bond donors (Lipinski definition) is 2. The van der Waals surface area contributed by atoms with E-state index in [9.17, 15) is 18.5 Å². The maximum absolute atomic E-state index is 12.2. The topological polar surface area (TPSA) is 101 Å². The lowest BCUT2D eigenvalue weighted by Crippen LogP contribution is -2.25. The number of thioether (sulfide) groups is 1. The summed E-state index contributed by atoms with van der Waals surface area (Å²) < 4.78 is 27.0. The first-order valence-corrected chi connectivity index (χ1v) is 9.25. The number of nitrogens with zero attached hydrogens (tertiary/aromatic N) is 1. The van der Waals surface area contributed by atoms with Gasteiger partial charge in [-0.3, -0.25) is 10.1 Å². The van der Waals surface area contributed by atoms with Crippen LogP contribution in [-0.4, -0.2) is 38.9 Å². The van der Waals surface area contributed by atoms with Crippen LogP contribution in [0.3, 0.4) is 0 Å². The molecule has 0 aliphatic heterocycles. The molecular weight excluding hydrogens is 314 g/mol. The molecule has 1 aromatic carbocycles. The van der Waals surface area contributed by atoms with Crippen LogP contribution in [0.5, 0.6) is 0 Å². The highest BCUT2D eigenvalue weighted by Crippen LogP contribution is 2.25. The molecule has 0 bridgehead atoms. The minimum atomic E-state index is -3.77. The van der Waals surface area contributed by atoms with Crippen LogP contribution in [0.15, 0.2) is 23.1 Å². The number of nitro benzene ring substituents is 1. The monoisotopic (exact) mass is 333 g/mol. The molecule has 118 valence electrons. The zero-order valence-corrected chi connectivity index (χ0v) is 13.6. The molecule has 0 saturated carbocycles. The molecule has 0 spiro atoms. The van der Waals surface area contributed by atoms with E-state index in [1.165, 1.54) is 12.1 Å². The van der Waals surface area contributed by atoms with Gasteiger partial charge in [0.05, 0.1) is 10.6 Å². The lowest BCUT2D eigenvalue weighted by molar-refractivity contribution is -0.385. The van der Waals surface area contributed by atoms with Gasteiger partial charge in [0.25, 0.3) is 5.69 Å². The Balaban J connectivity index is 2.90. The predicted octanol–water partition coefficient (Wildman–Crippen LogP) is 2.06. The smallest absolute Gasteiger partial charge is 0.270 e. The highest BCUT2D eigenvalue weighted by Gasteiger charge is 2.21. The van der Waals surface area contributed by atoms with E-state index in [1.54, 1.807) is 18.8 Å². The van der Waals surface area contributed by atoms with Gasteiger partial charge in [0.2, 0.25) is 10.0 Å². The van der Waals surface area contributed by atoms with Gasteiger partial charge in [-0.2, -0.15) is 11.8 Å². The summed E-state index contributed by atoms with van der Waals surface area (Å²) >= 11 is 1.70. The predicted molar refractivity (Wildman–Crippen MR) is 85.4 cm³/mol. The largest absolute Gasteiger partial charge is 0.387 e. The number of sulfonamides is 1. The molecule has 0 fully saturated rings. The quantitative estimate of drug-likeness (QED) is 0.407. The fourth-order valence-electron chi connectivity index (χ4n) is 1.71. The molecule has 0 aliphatic rings. The van der Waals surface area contributed by atoms with Crippen LogP contribution in [-0.2, 0) is 10.0 Å². The Bertz CT molecular complexity index is 590. The summed E-state index contributed by atoms with van der Waals surface area (Å²) in [4.78, 5) is 10.1. The van der Waals surface area contributed by atoms with Crippen molar-refractivity contribution >= 4 is 33.2 Å². The molecule has 0 heterocycles. The molecule has 0 radical (unpaired) electrons. The van der Waals surface area contributed by atoms with Crippen molar-refractivity contribution in [3.05, 3.63) is 28.3 Å². The van der Waals surface area contributed by atoms with Gasteiger partial charge < -0.3 is 5.32 Å². The number of hydrogen-bond acceptors (Lipinski definition) is 6. The number of nitro groups is 1. The standard InChI is InChI=1S/C12H19N3O4S2/c1-13-11-6-5-10(15(16)17)9-12(11)21(18,19)14-7-3-4-8-20-2/h5-6,9,13-14H,3-4,7-8H2,1-2H3. The number of nitrogens with one attached hydrogen (secondary N) is 2. The van der Waals surface area contributed by atoms with Gasteiger partial charge in [-0.05, 0) is 30.9 Å². The maximum atomic E-state index is 12.2. The van der Waals surface area contributed by atoms with E-state index in [1.807, 2.05) is 6.26 Å². The number of benzene rings is 1. The maximum Gasteiger partial charge on any atom is 0.270 e. The van der Waals surface area contributed by atoms with Gasteiger partial charge in [-0.1, -0.05) is 0 Å². The van der Waals surface area contributed by atoms with Gasteiger partial charge >= 0.3 is 0 Å². The van der Waals surface area contributed by atoms with Gasteiger partial charge in [0.1, 0.15) is 4.90 Å². The normalized spacial score (nSPS) is 11.3. The van der Waals surface area contributed by atoms with Crippen molar-refractivity contribution in [2.75, 3.05) is 30.9 Å².